The van der Waals surface area contributed by atoms with Crippen LogP contribution in [0.25, 0.3) is 11.4 Å². The second-order valence-electron chi connectivity index (χ2n) is 7.73. The molecule has 0 bridgehead atoms. The van der Waals surface area contributed by atoms with Gasteiger partial charge in [0, 0.05) is 35.8 Å². The lowest BCUT2D eigenvalue weighted by Crippen LogP contribution is -2.32. The van der Waals surface area contributed by atoms with Gasteiger partial charge in [-0.25, -0.2) is 4.39 Å². The smallest absolute Gasteiger partial charge is 0.234 e. The van der Waals surface area contributed by atoms with Crippen molar-refractivity contribution in [2.75, 3.05) is 18.1 Å². The number of hydrogen-bond donors (Lipinski definition) is 0. The number of carbonyl (C=O) groups excluding carboxylic acids is 1. The molecule has 5 rings (SSSR count). The molecule has 1 unspecified atom stereocenters. The third-order valence-electron chi connectivity index (χ3n) is 5.55. The van der Waals surface area contributed by atoms with Crippen molar-refractivity contribution in [3.05, 3.63) is 96.1 Å². The van der Waals surface area contributed by atoms with Gasteiger partial charge in [0.25, 0.3) is 0 Å². The number of rotatable bonds is 7. The molecule has 172 valence electrons. The zero-order valence-corrected chi connectivity index (χ0v) is 19.9. The van der Waals surface area contributed by atoms with Gasteiger partial charge in [-0.05, 0) is 23.8 Å². The predicted octanol–water partition coefficient (Wildman–Crippen LogP) is 4.89. The van der Waals surface area contributed by atoms with Gasteiger partial charge in [0.1, 0.15) is 11.2 Å². The van der Waals surface area contributed by atoms with E-state index in [2.05, 4.69) is 27.3 Å². The maximum Gasteiger partial charge on any atom is 0.234 e. The van der Waals surface area contributed by atoms with E-state index in [1.165, 1.54) is 17.8 Å². The topological polar surface area (TPSA) is 63.9 Å². The van der Waals surface area contributed by atoms with Crippen molar-refractivity contribution in [3.63, 3.8) is 0 Å². The zero-order valence-electron chi connectivity index (χ0n) is 18.3. The summed E-state index contributed by atoms with van der Waals surface area (Å²) in [6.45, 7) is 1.18. The lowest BCUT2D eigenvalue weighted by Gasteiger charge is -2.24. The van der Waals surface area contributed by atoms with Crippen LogP contribution in [0, 0.1) is 5.82 Å². The molecule has 34 heavy (non-hydrogen) atoms. The van der Waals surface area contributed by atoms with Crippen LogP contribution in [-0.4, -0.2) is 48.6 Å². The Kier molecular flexibility index (Phi) is 6.92. The van der Waals surface area contributed by atoms with Crippen LogP contribution in [0.1, 0.15) is 16.5 Å². The van der Waals surface area contributed by atoms with Crippen LogP contribution < -0.4 is 0 Å². The standard InChI is InChI=1S/C25H22FN5OS2/c26-21-9-5-4-8-20(21)24-30(14-15-33-24)22(32)17-34-25-29-28-23(19-10-12-27-13-11-19)31(25)16-18-6-2-1-3-7-18/h1-13,24H,14-17H2. The molecule has 0 spiro atoms. The summed E-state index contributed by atoms with van der Waals surface area (Å²) in [6, 6.07) is 20.5. The normalized spacial score (nSPS) is 15.6. The van der Waals surface area contributed by atoms with E-state index in [0.29, 0.717) is 23.8 Å². The SMILES string of the molecule is O=C(CSc1nnc(-c2ccncc2)n1Cc1ccccc1)N1CCSC1c1ccccc1F. The number of carbonyl (C=O) groups is 1. The average molecular weight is 492 g/mol. The van der Waals surface area contributed by atoms with Gasteiger partial charge in [0.15, 0.2) is 11.0 Å². The minimum atomic E-state index is -0.302. The van der Waals surface area contributed by atoms with Crippen molar-refractivity contribution >= 4 is 29.4 Å². The van der Waals surface area contributed by atoms with E-state index in [-0.39, 0.29) is 22.9 Å². The third kappa shape index (κ3) is 4.85. The Hall–Kier alpha value is -3.17. The highest BCUT2D eigenvalue weighted by Crippen LogP contribution is 2.39. The molecule has 0 N–H and O–H groups in total. The first-order valence-corrected chi connectivity index (χ1v) is 12.9. The molecule has 2 aromatic carbocycles. The minimum Gasteiger partial charge on any atom is -0.325 e. The highest BCUT2D eigenvalue weighted by molar-refractivity contribution is 8.00. The van der Waals surface area contributed by atoms with Crippen LogP contribution in [0.4, 0.5) is 4.39 Å². The van der Waals surface area contributed by atoms with Crippen LogP contribution in [0.5, 0.6) is 0 Å². The summed E-state index contributed by atoms with van der Waals surface area (Å²) in [5.74, 6) is 1.39. The number of hydrogen-bond acceptors (Lipinski definition) is 6. The van der Waals surface area contributed by atoms with Gasteiger partial charge in [-0.3, -0.25) is 14.3 Å². The molecule has 0 aliphatic carbocycles. The molecule has 1 amide bonds. The first-order valence-electron chi connectivity index (χ1n) is 10.9. The molecule has 1 aliphatic rings. The molecule has 6 nitrogen and oxygen atoms in total. The fraction of sp³-hybridized carbons (Fsp3) is 0.200. The molecule has 2 aromatic heterocycles. The lowest BCUT2D eigenvalue weighted by molar-refractivity contribution is -0.128. The van der Waals surface area contributed by atoms with Gasteiger partial charge >= 0.3 is 0 Å². The summed E-state index contributed by atoms with van der Waals surface area (Å²) in [7, 11) is 0. The van der Waals surface area contributed by atoms with E-state index in [4.69, 9.17) is 0 Å². The first-order chi connectivity index (χ1) is 16.7. The van der Waals surface area contributed by atoms with Crippen molar-refractivity contribution in [2.24, 2.45) is 0 Å². The lowest BCUT2D eigenvalue weighted by atomic mass is 10.2. The van der Waals surface area contributed by atoms with Gasteiger partial charge in [-0.15, -0.1) is 22.0 Å². The molecule has 1 fully saturated rings. The van der Waals surface area contributed by atoms with E-state index in [1.54, 1.807) is 47.3 Å². The number of nitrogens with zero attached hydrogens (tertiary/aromatic N) is 5. The Balaban J connectivity index is 1.36. The molecule has 0 saturated carbocycles. The molecule has 0 radical (unpaired) electrons. The predicted molar refractivity (Wildman–Crippen MR) is 133 cm³/mol. The Morgan fingerprint density at radius 2 is 1.79 bits per heavy atom. The van der Waals surface area contributed by atoms with Crippen LogP contribution in [-0.2, 0) is 11.3 Å². The van der Waals surface area contributed by atoms with E-state index in [1.807, 2.05) is 34.9 Å². The molecule has 4 aromatic rings. The minimum absolute atomic E-state index is 0.0389. The summed E-state index contributed by atoms with van der Waals surface area (Å²) in [4.78, 5) is 19.0. The van der Waals surface area contributed by atoms with Gasteiger partial charge < -0.3 is 4.90 Å². The van der Waals surface area contributed by atoms with Gasteiger partial charge in [-0.1, -0.05) is 60.3 Å². The molecule has 9 heteroatoms. The van der Waals surface area contributed by atoms with Gasteiger partial charge in [-0.2, -0.15) is 0 Å². The second kappa shape index (κ2) is 10.4. The first kappa shape index (κ1) is 22.6. The fourth-order valence-corrected chi connectivity index (χ4v) is 6.01. The third-order valence-corrected chi connectivity index (χ3v) is 7.74. The molecule has 1 aliphatic heterocycles. The average Bonchev–Trinajstić information content (AvgIpc) is 3.52. The maximum atomic E-state index is 14.4. The summed E-state index contributed by atoms with van der Waals surface area (Å²) in [6.07, 6.45) is 3.45. The molecular weight excluding hydrogens is 469 g/mol. The van der Waals surface area contributed by atoms with E-state index in [9.17, 15) is 9.18 Å². The van der Waals surface area contributed by atoms with E-state index < -0.39 is 0 Å². The molecular formula is C25H22FN5OS2. The van der Waals surface area contributed by atoms with Gasteiger partial charge in [0.05, 0.1) is 12.3 Å². The fourth-order valence-electron chi connectivity index (χ4n) is 3.89. The summed E-state index contributed by atoms with van der Waals surface area (Å²) >= 11 is 2.95. The number of amides is 1. The van der Waals surface area contributed by atoms with Crippen molar-refractivity contribution in [1.29, 1.82) is 0 Å². The van der Waals surface area contributed by atoms with Crippen LogP contribution in [0.2, 0.25) is 0 Å². The van der Waals surface area contributed by atoms with Crippen LogP contribution in [0.15, 0.2) is 84.3 Å². The number of aromatic nitrogens is 4. The number of benzene rings is 2. The van der Waals surface area contributed by atoms with Crippen LogP contribution >= 0.6 is 23.5 Å². The van der Waals surface area contributed by atoms with Gasteiger partial charge in [0.2, 0.25) is 5.91 Å². The van der Waals surface area contributed by atoms with Crippen molar-refractivity contribution in [2.45, 2.75) is 17.1 Å². The zero-order chi connectivity index (χ0) is 23.3. The maximum absolute atomic E-state index is 14.4. The summed E-state index contributed by atoms with van der Waals surface area (Å²) in [5, 5.41) is 9.18. The second-order valence-corrected chi connectivity index (χ2v) is 9.86. The van der Waals surface area contributed by atoms with Crippen molar-refractivity contribution in [1.82, 2.24) is 24.6 Å². The number of thioether (sulfide) groups is 2. The highest BCUT2D eigenvalue weighted by Gasteiger charge is 2.32. The Morgan fingerprint density at radius 1 is 1.03 bits per heavy atom. The van der Waals surface area contributed by atoms with E-state index >= 15 is 0 Å². The van der Waals surface area contributed by atoms with Crippen LogP contribution in [0.3, 0.4) is 0 Å². The quantitative estimate of drug-likeness (QED) is 0.343. The summed E-state index contributed by atoms with van der Waals surface area (Å²) in [5.41, 5.74) is 2.57. The Bertz CT molecular complexity index is 1270. The Labute approximate surface area is 205 Å². The Morgan fingerprint density at radius 3 is 2.59 bits per heavy atom. The molecule has 3 heterocycles. The van der Waals surface area contributed by atoms with Crippen molar-refractivity contribution in [3.8, 4) is 11.4 Å². The number of pyridine rings is 1. The van der Waals surface area contributed by atoms with Crippen molar-refractivity contribution < 1.29 is 9.18 Å². The number of halogens is 1. The summed E-state index contributed by atoms with van der Waals surface area (Å²) < 4.78 is 16.4. The molecule has 1 atom stereocenters. The van der Waals surface area contributed by atoms with E-state index in [0.717, 1.165) is 22.7 Å². The highest BCUT2D eigenvalue weighted by atomic mass is 32.2. The monoisotopic (exact) mass is 491 g/mol. The molecule has 1 saturated heterocycles. The largest absolute Gasteiger partial charge is 0.325 e.